The van der Waals surface area contributed by atoms with Gasteiger partial charge in [-0.2, -0.15) is 4.98 Å². The molecule has 2 amide bonds. The van der Waals surface area contributed by atoms with Crippen molar-refractivity contribution in [2.45, 2.75) is 19.9 Å². The van der Waals surface area contributed by atoms with Gasteiger partial charge in [0.25, 0.3) is 0 Å². The van der Waals surface area contributed by atoms with Crippen LogP contribution in [0.3, 0.4) is 0 Å². The summed E-state index contributed by atoms with van der Waals surface area (Å²) in [5, 5.41) is 9.17. The number of carbonyl (C=O) groups excluding carboxylic acids is 2. The highest BCUT2D eigenvalue weighted by molar-refractivity contribution is 5.96. The lowest BCUT2D eigenvalue weighted by Crippen LogP contribution is -2.28. The summed E-state index contributed by atoms with van der Waals surface area (Å²) in [5.74, 6) is 0.962. The molecule has 3 rings (SSSR count). The Morgan fingerprint density at radius 1 is 1.42 bits per heavy atom. The Balaban J connectivity index is 1.59. The maximum atomic E-state index is 12.3. The largest absolute Gasteiger partial charge is 0.497 e. The molecule has 2 N–H and O–H groups in total. The first-order valence-electron chi connectivity index (χ1n) is 7.65. The molecule has 1 unspecified atom stereocenters. The van der Waals surface area contributed by atoms with E-state index in [-0.39, 0.29) is 24.2 Å². The van der Waals surface area contributed by atoms with E-state index in [9.17, 15) is 9.59 Å². The molecule has 1 fully saturated rings. The lowest BCUT2D eigenvalue weighted by Gasteiger charge is -2.16. The van der Waals surface area contributed by atoms with Crippen LogP contribution < -0.4 is 10.1 Å². The van der Waals surface area contributed by atoms with Crippen LogP contribution in [0.25, 0.3) is 0 Å². The van der Waals surface area contributed by atoms with Crippen molar-refractivity contribution < 1.29 is 14.3 Å². The minimum atomic E-state index is -0.394. The van der Waals surface area contributed by atoms with Gasteiger partial charge in [0.1, 0.15) is 11.6 Å². The third kappa shape index (κ3) is 3.53. The Kier molecular flexibility index (Phi) is 4.45. The first-order chi connectivity index (χ1) is 11.5. The van der Waals surface area contributed by atoms with Crippen LogP contribution in [-0.4, -0.2) is 45.6 Å². The molecule has 2 aromatic rings. The molecule has 8 heteroatoms. The molecule has 1 aliphatic rings. The second kappa shape index (κ2) is 6.69. The van der Waals surface area contributed by atoms with E-state index < -0.39 is 5.92 Å². The second-order valence-corrected chi connectivity index (χ2v) is 5.76. The minimum Gasteiger partial charge on any atom is -0.497 e. The lowest BCUT2D eigenvalue weighted by molar-refractivity contribution is -0.128. The average molecular weight is 329 g/mol. The van der Waals surface area contributed by atoms with Gasteiger partial charge in [-0.25, -0.2) is 0 Å². The Morgan fingerprint density at radius 3 is 2.79 bits per heavy atom. The van der Waals surface area contributed by atoms with E-state index in [1.165, 1.54) is 0 Å². The zero-order chi connectivity index (χ0) is 17.1. The predicted molar refractivity (Wildman–Crippen MR) is 86.3 cm³/mol. The Labute approximate surface area is 139 Å². The SMILES string of the molecule is COc1ccc(CN2CC(C(=O)Nc3n[nH]c(C)n3)CC2=O)cc1. The first-order valence-corrected chi connectivity index (χ1v) is 7.65. The van der Waals surface area contributed by atoms with Crippen molar-refractivity contribution >= 4 is 17.8 Å². The number of hydrogen-bond donors (Lipinski definition) is 2. The van der Waals surface area contributed by atoms with Crippen molar-refractivity contribution in [3.8, 4) is 5.75 Å². The number of anilines is 1. The van der Waals surface area contributed by atoms with Gasteiger partial charge in [0.05, 0.1) is 13.0 Å². The van der Waals surface area contributed by atoms with Gasteiger partial charge in [0, 0.05) is 19.5 Å². The van der Waals surface area contributed by atoms with Gasteiger partial charge in [-0.3, -0.25) is 20.0 Å². The van der Waals surface area contributed by atoms with Crippen LogP contribution in [0, 0.1) is 12.8 Å². The zero-order valence-corrected chi connectivity index (χ0v) is 13.6. The fourth-order valence-corrected chi connectivity index (χ4v) is 2.66. The summed E-state index contributed by atoms with van der Waals surface area (Å²) in [6, 6.07) is 7.53. The fraction of sp³-hybridized carbons (Fsp3) is 0.375. The van der Waals surface area contributed by atoms with Crippen LogP contribution in [0.1, 0.15) is 17.8 Å². The molecule has 2 heterocycles. The van der Waals surface area contributed by atoms with E-state index in [2.05, 4.69) is 20.5 Å². The van der Waals surface area contributed by atoms with Crippen molar-refractivity contribution in [3.05, 3.63) is 35.7 Å². The van der Waals surface area contributed by atoms with E-state index in [0.717, 1.165) is 11.3 Å². The summed E-state index contributed by atoms with van der Waals surface area (Å²) in [4.78, 5) is 30.1. The van der Waals surface area contributed by atoms with Gasteiger partial charge in [-0.05, 0) is 24.6 Å². The first kappa shape index (κ1) is 16.0. The van der Waals surface area contributed by atoms with E-state index in [0.29, 0.717) is 18.9 Å². The van der Waals surface area contributed by atoms with Gasteiger partial charge in [-0.1, -0.05) is 12.1 Å². The molecule has 8 nitrogen and oxygen atoms in total. The molecule has 0 spiro atoms. The Hall–Kier alpha value is -2.90. The molecule has 0 radical (unpaired) electrons. The standard InChI is InChI=1S/C16H19N5O3/c1-10-17-16(20-19-10)18-15(23)12-7-14(22)21(9-12)8-11-3-5-13(24-2)6-4-11/h3-6,12H,7-9H2,1-2H3,(H2,17,18,19,20,23). The van der Waals surface area contributed by atoms with Crippen LogP contribution >= 0.6 is 0 Å². The zero-order valence-electron chi connectivity index (χ0n) is 13.6. The summed E-state index contributed by atoms with van der Waals surface area (Å²) in [6.45, 7) is 2.62. The molecule has 1 aromatic carbocycles. The molecule has 0 aliphatic carbocycles. The quantitative estimate of drug-likeness (QED) is 0.856. The maximum Gasteiger partial charge on any atom is 0.248 e. The van der Waals surface area contributed by atoms with Crippen LogP contribution in [0.5, 0.6) is 5.75 Å². The van der Waals surface area contributed by atoms with Gasteiger partial charge in [-0.15, -0.1) is 5.10 Å². The van der Waals surface area contributed by atoms with Crippen molar-refractivity contribution in [3.63, 3.8) is 0 Å². The van der Waals surface area contributed by atoms with Gasteiger partial charge in [0.2, 0.25) is 17.8 Å². The highest BCUT2D eigenvalue weighted by Gasteiger charge is 2.34. The minimum absolute atomic E-state index is 0.0304. The van der Waals surface area contributed by atoms with E-state index in [1.54, 1.807) is 18.9 Å². The van der Waals surface area contributed by atoms with Crippen molar-refractivity contribution in [1.82, 2.24) is 20.1 Å². The Morgan fingerprint density at radius 2 is 2.17 bits per heavy atom. The predicted octanol–water partition coefficient (Wildman–Crippen LogP) is 1.11. The molecule has 126 valence electrons. The summed E-state index contributed by atoms with van der Waals surface area (Å²) in [6.07, 6.45) is 0.200. The van der Waals surface area contributed by atoms with Gasteiger partial charge >= 0.3 is 0 Å². The molecule has 0 saturated carbocycles. The number of benzene rings is 1. The topological polar surface area (TPSA) is 100 Å². The number of ether oxygens (including phenoxy) is 1. The fourth-order valence-electron chi connectivity index (χ4n) is 2.66. The highest BCUT2D eigenvalue weighted by atomic mass is 16.5. The highest BCUT2D eigenvalue weighted by Crippen LogP contribution is 2.22. The summed E-state index contributed by atoms with van der Waals surface area (Å²) >= 11 is 0. The summed E-state index contributed by atoms with van der Waals surface area (Å²) in [5.41, 5.74) is 0.995. The molecule has 1 saturated heterocycles. The average Bonchev–Trinajstić information content (AvgIpc) is 3.14. The molecule has 1 aliphatic heterocycles. The van der Waals surface area contributed by atoms with Crippen LogP contribution in [0.15, 0.2) is 24.3 Å². The number of H-pyrrole nitrogens is 1. The number of nitrogens with zero attached hydrogens (tertiary/aromatic N) is 3. The number of aromatic nitrogens is 3. The van der Waals surface area contributed by atoms with Gasteiger partial charge in [0.15, 0.2) is 0 Å². The van der Waals surface area contributed by atoms with Crippen LogP contribution in [0.2, 0.25) is 0 Å². The molecule has 1 aromatic heterocycles. The van der Waals surface area contributed by atoms with Crippen LogP contribution in [0.4, 0.5) is 5.95 Å². The number of nitrogens with one attached hydrogen (secondary N) is 2. The maximum absolute atomic E-state index is 12.3. The Bertz CT molecular complexity index is 740. The molecular weight excluding hydrogens is 310 g/mol. The van der Waals surface area contributed by atoms with E-state index in [1.807, 2.05) is 24.3 Å². The molecule has 0 bridgehead atoms. The number of hydrogen-bond acceptors (Lipinski definition) is 5. The van der Waals surface area contributed by atoms with E-state index >= 15 is 0 Å². The number of carbonyl (C=O) groups is 2. The van der Waals surface area contributed by atoms with Crippen molar-refractivity contribution in [1.29, 1.82) is 0 Å². The molecule has 1 atom stereocenters. The molecule has 24 heavy (non-hydrogen) atoms. The third-order valence-corrected chi connectivity index (χ3v) is 3.95. The van der Waals surface area contributed by atoms with Gasteiger partial charge < -0.3 is 9.64 Å². The second-order valence-electron chi connectivity index (χ2n) is 5.76. The number of aromatic amines is 1. The van der Waals surface area contributed by atoms with Crippen molar-refractivity contribution in [2.24, 2.45) is 5.92 Å². The summed E-state index contributed by atoms with van der Waals surface area (Å²) < 4.78 is 5.12. The number of rotatable bonds is 5. The molecular formula is C16H19N5O3. The van der Waals surface area contributed by atoms with E-state index in [4.69, 9.17) is 4.74 Å². The number of likely N-dealkylation sites (tertiary alicyclic amines) is 1. The van der Waals surface area contributed by atoms with Crippen molar-refractivity contribution in [2.75, 3.05) is 19.0 Å². The third-order valence-electron chi connectivity index (χ3n) is 3.95. The summed E-state index contributed by atoms with van der Waals surface area (Å²) in [7, 11) is 1.61. The van der Waals surface area contributed by atoms with Crippen LogP contribution in [-0.2, 0) is 16.1 Å². The normalized spacial score (nSPS) is 17.2. The number of aryl methyl sites for hydroxylation is 1. The number of methoxy groups -OCH3 is 1. The monoisotopic (exact) mass is 329 g/mol. The number of amides is 2. The lowest BCUT2D eigenvalue weighted by atomic mass is 10.1. The smallest absolute Gasteiger partial charge is 0.248 e.